The van der Waals surface area contributed by atoms with E-state index >= 15 is 0 Å². The van der Waals surface area contributed by atoms with Crippen molar-refractivity contribution in [1.29, 1.82) is 0 Å². The van der Waals surface area contributed by atoms with Gasteiger partial charge in [0.15, 0.2) is 5.75 Å². The fraction of sp³-hybridized carbons (Fsp3) is 0.438. The van der Waals surface area contributed by atoms with E-state index in [1.165, 1.54) is 5.56 Å². The van der Waals surface area contributed by atoms with Crippen molar-refractivity contribution < 1.29 is 14.6 Å². The number of ether oxygens (including phenoxy) is 2. The monoisotopic (exact) mass is 288 g/mol. The Kier molecular flexibility index (Phi) is 3.37. The van der Waals surface area contributed by atoms with Crippen LogP contribution < -0.4 is 9.47 Å². The minimum atomic E-state index is -0.962. The molecule has 5 heteroatoms. The predicted molar refractivity (Wildman–Crippen MR) is 78.7 cm³/mol. The molecule has 1 aliphatic rings. The SMILES string of the molecule is COc1ccc2c(c1)CC(O)(c1c(OC)cnn1C)CC2. The van der Waals surface area contributed by atoms with Crippen LogP contribution in [-0.4, -0.2) is 29.1 Å². The Morgan fingerprint density at radius 1 is 1.24 bits per heavy atom. The fourth-order valence-electron chi connectivity index (χ4n) is 3.18. The lowest BCUT2D eigenvalue weighted by molar-refractivity contribution is 0.0121. The van der Waals surface area contributed by atoms with E-state index in [1.807, 2.05) is 19.2 Å². The minimum Gasteiger partial charge on any atom is -0.497 e. The van der Waals surface area contributed by atoms with Crippen LogP contribution in [0.15, 0.2) is 24.4 Å². The summed E-state index contributed by atoms with van der Waals surface area (Å²) in [6.45, 7) is 0. The molecule has 1 aliphatic carbocycles. The number of methoxy groups -OCH3 is 2. The van der Waals surface area contributed by atoms with Crippen LogP contribution in [0.2, 0.25) is 0 Å². The Morgan fingerprint density at radius 3 is 2.76 bits per heavy atom. The van der Waals surface area contributed by atoms with Crippen molar-refractivity contribution >= 4 is 0 Å². The maximum Gasteiger partial charge on any atom is 0.162 e. The summed E-state index contributed by atoms with van der Waals surface area (Å²) in [5, 5.41) is 15.4. The lowest BCUT2D eigenvalue weighted by atomic mass is 9.78. The molecule has 5 nitrogen and oxygen atoms in total. The smallest absolute Gasteiger partial charge is 0.162 e. The number of aromatic nitrogens is 2. The van der Waals surface area contributed by atoms with E-state index in [1.54, 1.807) is 25.1 Å². The van der Waals surface area contributed by atoms with Gasteiger partial charge in [0.1, 0.15) is 17.0 Å². The van der Waals surface area contributed by atoms with Crippen LogP contribution in [0.5, 0.6) is 11.5 Å². The lowest BCUT2D eigenvalue weighted by Gasteiger charge is -2.34. The van der Waals surface area contributed by atoms with E-state index in [0.717, 1.165) is 23.4 Å². The molecule has 0 fully saturated rings. The first-order valence-electron chi connectivity index (χ1n) is 7.02. The van der Waals surface area contributed by atoms with Crippen LogP contribution >= 0.6 is 0 Å². The summed E-state index contributed by atoms with van der Waals surface area (Å²) in [6.07, 6.45) is 3.66. The number of benzene rings is 1. The zero-order valence-electron chi connectivity index (χ0n) is 12.6. The molecule has 1 N–H and O–H groups in total. The van der Waals surface area contributed by atoms with Crippen LogP contribution in [0.3, 0.4) is 0 Å². The topological polar surface area (TPSA) is 56.5 Å². The summed E-state index contributed by atoms with van der Waals surface area (Å²) in [5.74, 6) is 1.45. The van der Waals surface area contributed by atoms with Crippen molar-refractivity contribution in [3.63, 3.8) is 0 Å². The maximum atomic E-state index is 11.2. The van der Waals surface area contributed by atoms with E-state index in [0.29, 0.717) is 18.6 Å². The second-order valence-corrected chi connectivity index (χ2v) is 5.53. The van der Waals surface area contributed by atoms with E-state index in [9.17, 15) is 5.11 Å². The van der Waals surface area contributed by atoms with Gasteiger partial charge >= 0.3 is 0 Å². The van der Waals surface area contributed by atoms with Gasteiger partial charge in [0, 0.05) is 13.5 Å². The van der Waals surface area contributed by atoms with E-state index in [4.69, 9.17) is 9.47 Å². The number of aliphatic hydroxyl groups is 1. The quantitative estimate of drug-likeness (QED) is 0.936. The van der Waals surface area contributed by atoms with Crippen molar-refractivity contribution in [2.24, 2.45) is 7.05 Å². The number of fused-ring (bicyclic) bond motifs is 1. The summed E-state index contributed by atoms with van der Waals surface area (Å²) < 4.78 is 12.3. The van der Waals surface area contributed by atoms with E-state index in [2.05, 4.69) is 11.2 Å². The van der Waals surface area contributed by atoms with Gasteiger partial charge in [0.05, 0.1) is 20.4 Å². The zero-order chi connectivity index (χ0) is 15.0. The van der Waals surface area contributed by atoms with E-state index in [-0.39, 0.29) is 0 Å². The Bertz CT molecular complexity index is 666. The van der Waals surface area contributed by atoms with Gasteiger partial charge in [-0.1, -0.05) is 6.07 Å². The highest BCUT2D eigenvalue weighted by atomic mass is 16.5. The highest BCUT2D eigenvalue weighted by Gasteiger charge is 2.39. The number of aryl methyl sites for hydroxylation is 2. The molecule has 21 heavy (non-hydrogen) atoms. The van der Waals surface area contributed by atoms with Crippen molar-refractivity contribution in [3.05, 3.63) is 41.2 Å². The maximum absolute atomic E-state index is 11.2. The molecular weight excluding hydrogens is 268 g/mol. The van der Waals surface area contributed by atoms with Gasteiger partial charge in [-0.2, -0.15) is 5.10 Å². The number of hydrogen-bond donors (Lipinski definition) is 1. The summed E-state index contributed by atoms with van der Waals surface area (Å²) >= 11 is 0. The molecule has 0 saturated carbocycles. The summed E-state index contributed by atoms with van der Waals surface area (Å²) in [6, 6.07) is 6.05. The third-order valence-corrected chi connectivity index (χ3v) is 4.27. The first-order valence-corrected chi connectivity index (χ1v) is 7.02. The van der Waals surface area contributed by atoms with Crippen molar-refractivity contribution in [1.82, 2.24) is 9.78 Å². The molecule has 1 heterocycles. The van der Waals surface area contributed by atoms with Gasteiger partial charge in [-0.25, -0.2) is 0 Å². The van der Waals surface area contributed by atoms with Crippen LogP contribution in [0.1, 0.15) is 23.2 Å². The van der Waals surface area contributed by atoms with Gasteiger partial charge in [-0.3, -0.25) is 4.68 Å². The van der Waals surface area contributed by atoms with Gasteiger partial charge in [-0.05, 0) is 36.1 Å². The minimum absolute atomic E-state index is 0.537. The van der Waals surface area contributed by atoms with Crippen molar-refractivity contribution in [2.45, 2.75) is 24.9 Å². The molecule has 0 radical (unpaired) electrons. The predicted octanol–water partition coefficient (Wildman–Crippen LogP) is 1.81. The molecule has 0 spiro atoms. The average molecular weight is 288 g/mol. The van der Waals surface area contributed by atoms with Gasteiger partial charge < -0.3 is 14.6 Å². The highest BCUT2D eigenvalue weighted by molar-refractivity contribution is 5.42. The molecule has 3 rings (SSSR count). The molecule has 1 aromatic heterocycles. The molecule has 2 aromatic rings. The lowest BCUT2D eigenvalue weighted by Crippen LogP contribution is -2.35. The third-order valence-electron chi connectivity index (χ3n) is 4.27. The zero-order valence-corrected chi connectivity index (χ0v) is 12.6. The highest BCUT2D eigenvalue weighted by Crippen LogP contribution is 2.40. The standard InChI is InChI=1S/C16H20N2O3/c1-18-15(14(21-3)10-17-18)16(19)7-6-11-4-5-13(20-2)8-12(11)9-16/h4-5,8,10,19H,6-7,9H2,1-3H3. The molecule has 0 saturated heterocycles. The summed E-state index contributed by atoms with van der Waals surface area (Å²) in [4.78, 5) is 0. The Hall–Kier alpha value is -2.01. The molecule has 0 bridgehead atoms. The normalized spacial score (nSPS) is 21.0. The average Bonchev–Trinajstić information content (AvgIpc) is 2.88. The molecule has 1 atom stereocenters. The van der Waals surface area contributed by atoms with Crippen molar-refractivity contribution in [3.8, 4) is 11.5 Å². The number of hydrogen-bond acceptors (Lipinski definition) is 4. The van der Waals surface area contributed by atoms with Gasteiger partial charge in [-0.15, -0.1) is 0 Å². The fourth-order valence-corrected chi connectivity index (χ4v) is 3.18. The summed E-state index contributed by atoms with van der Waals surface area (Å²) in [7, 11) is 5.08. The molecule has 0 amide bonds. The summed E-state index contributed by atoms with van der Waals surface area (Å²) in [5.41, 5.74) is 2.15. The Morgan fingerprint density at radius 2 is 2.05 bits per heavy atom. The van der Waals surface area contributed by atoms with Crippen molar-refractivity contribution in [2.75, 3.05) is 14.2 Å². The van der Waals surface area contributed by atoms with Crippen LogP contribution in [0.4, 0.5) is 0 Å². The van der Waals surface area contributed by atoms with Crippen LogP contribution in [0, 0.1) is 0 Å². The molecule has 112 valence electrons. The second-order valence-electron chi connectivity index (χ2n) is 5.53. The molecular formula is C16H20N2O3. The first-order chi connectivity index (χ1) is 10.1. The number of rotatable bonds is 3. The van der Waals surface area contributed by atoms with Gasteiger partial charge in [0.25, 0.3) is 0 Å². The Labute approximate surface area is 124 Å². The number of nitrogens with zero attached hydrogens (tertiary/aromatic N) is 2. The second kappa shape index (κ2) is 5.07. The van der Waals surface area contributed by atoms with Crippen LogP contribution in [0.25, 0.3) is 0 Å². The first kappa shape index (κ1) is 13.9. The molecule has 1 aromatic carbocycles. The van der Waals surface area contributed by atoms with Crippen LogP contribution in [-0.2, 0) is 25.5 Å². The largest absolute Gasteiger partial charge is 0.497 e. The third kappa shape index (κ3) is 2.27. The van der Waals surface area contributed by atoms with E-state index < -0.39 is 5.60 Å². The molecule has 1 unspecified atom stereocenters. The Balaban J connectivity index is 2.02. The van der Waals surface area contributed by atoms with Gasteiger partial charge in [0.2, 0.25) is 0 Å². The molecule has 0 aliphatic heterocycles.